The van der Waals surface area contributed by atoms with Crippen LogP contribution in [0.15, 0.2) is 98.6 Å². The fourth-order valence-electron chi connectivity index (χ4n) is 3.94. The number of benzene rings is 3. The van der Waals surface area contributed by atoms with E-state index >= 15 is 0 Å². The summed E-state index contributed by atoms with van der Waals surface area (Å²) in [5.74, 6) is -4.24. The van der Waals surface area contributed by atoms with E-state index in [0.29, 0.717) is 0 Å². The first-order chi connectivity index (χ1) is 20.0. The Morgan fingerprint density at radius 1 is 0.643 bits per heavy atom. The summed E-state index contributed by atoms with van der Waals surface area (Å²) >= 11 is 0. The average molecular weight is 570 g/mol. The first kappa shape index (κ1) is 31.4. The molecule has 0 aliphatic carbocycles. The van der Waals surface area contributed by atoms with Gasteiger partial charge in [0.1, 0.15) is 5.75 Å². The molecule has 0 fully saturated rings. The van der Waals surface area contributed by atoms with Crippen LogP contribution in [-0.4, -0.2) is 36.9 Å². The largest absolute Gasteiger partial charge is 0.454 e. The monoisotopic (exact) mass is 569 g/mol. The minimum absolute atomic E-state index is 0.250. The molecular formula is C34H35NO7. The molecule has 0 bridgehead atoms. The average Bonchev–Trinajstić information content (AvgIpc) is 2.99. The van der Waals surface area contributed by atoms with Gasteiger partial charge in [0.05, 0.1) is 0 Å². The van der Waals surface area contributed by atoms with E-state index < -0.39 is 36.9 Å². The van der Waals surface area contributed by atoms with Crippen LogP contribution < -0.4 is 9.64 Å². The molecular weight excluding hydrogens is 534 g/mol. The Morgan fingerprint density at radius 3 is 1.48 bits per heavy atom. The van der Waals surface area contributed by atoms with Crippen LogP contribution in [0.2, 0.25) is 0 Å². The number of anilines is 3. The molecule has 218 valence electrons. The van der Waals surface area contributed by atoms with E-state index in [1.165, 1.54) is 11.1 Å². The zero-order valence-corrected chi connectivity index (χ0v) is 24.3. The molecule has 8 nitrogen and oxygen atoms in total. The van der Waals surface area contributed by atoms with E-state index in [1.807, 2.05) is 12.1 Å². The lowest BCUT2D eigenvalue weighted by Crippen LogP contribution is -2.50. The zero-order chi connectivity index (χ0) is 30.9. The predicted molar refractivity (Wildman–Crippen MR) is 162 cm³/mol. The molecule has 0 unspecified atom stereocenters. The molecule has 0 amide bonds. The molecule has 0 spiro atoms. The molecule has 3 aromatic carbocycles. The van der Waals surface area contributed by atoms with Crippen LogP contribution in [0.1, 0.15) is 22.3 Å². The van der Waals surface area contributed by atoms with E-state index in [0.717, 1.165) is 46.4 Å². The van der Waals surface area contributed by atoms with Gasteiger partial charge in [0, 0.05) is 35.3 Å². The highest BCUT2D eigenvalue weighted by Gasteiger charge is 2.40. The van der Waals surface area contributed by atoms with E-state index in [1.54, 1.807) is 12.1 Å². The molecule has 0 heterocycles. The third-order valence-corrected chi connectivity index (χ3v) is 6.55. The summed E-state index contributed by atoms with van der Waals surface area (Å²) in [5.41, 5.74) is 7.44. The Labute approximate surface area is 246 Å². The molecule has 0 aliphatic heterocycles. The normalized spacial score (nSPS) is 10.7. The molecule has 0 radical (unpaired) electrons. The van der Waals surface area contributed by atoms with Gasteiger partial charge in [-0.1, -0.05) is 31.9 Å². The topological polar surface area (TPSA) is 91.4 Å². The van der Waals surface area contributed by atoms with Crippen molar-refractivity contribution < 1.29 is 33.3 Å². The first-order valence-electron chi connectivity index (χ1n) is 13.2. The number of ether oxygens (including phenoxy) is 4. The molecule has 0 saturated heterocycles. The van der Waals surface area contributed by atoms with Crippen LogP contribution in [0.25, 0.3) is 0 Å². The van der Waals surface area contributed by atoms with Gasteiger partial charge < -0.3 is 23.8 Å². The number of hydrogen-bond donors (Lipinski definition) is 0. The van der Waals surface area contributed by atoms with Gasteiger partial charge in [-0.2, -0.15) is 0 Å². The molecule has 0 aromatic heterocycles. The third-order valence-electron chi connectivity index (χ3n) is 6.55. The summed E-state index contributed by atoms with van der Waals surface area (Å²) in [7, 11) is 0. The summed E-state index contributed by atoms with van der Waals surface area (Å²) in [6.45, 7) is 17.2. The zero-order valence-electron chi connectivity index (χ0n) is 24.3. The number of esters is 3. The summed E-state index contributed by atoms with van der Waals surface area (Å²) in [6.07, 6.45) is 2.80. The van der Waals surface area contributed by atoms with Gasteiger partial charge in [0.25, 0.3) is 0 Å². The molecule has 0 aliphatic rings. The molecule has 0 N–H and O–H groups in total. The van der Waals surface area contributed by atoms with Crippen molar-refractivity contribution in [2.75, 3.05) is 18.1 Å². The second-order valence-electron chi connectivity index (χ2n) is 9.63. The van der Waals surface area contributed by atoms with Crippen molar-refractivity contribution >= 4 is 35.0 Å². The van der Waals surface area contributed by atoms with Crippen LogP contribution >= 0.6 is 0 Å². The number of rotatable bonds is 13. The van der Waals surface area contributed by atoms with Gasteiger partial charge in [-0.3, -0.25) is 0 Å². The highest BCUT2D eigenvalue weighted by Crippen LogP contribution is 2.37. The van der Waals surface area contributed by atoms with Crippen molar-refractivity contribution in [3.63, 3.8) is 0 Å². The lowest BCUT2D eigenvalue weighted by Gasteiger charge is -2.32. The number of nitrogens with zero attached hydrogens (tertiary/aromatic N) is 1. The predicted octanol–water partition coefficient (Wildman–Crippen LogP) is 6.65. The van der Waals surface area contributed by atoms with Gasteiger partial charge >= 0.3 is 23.7 Å². The Balaban J connectivity index is 2.04. The number of hydrogen-bond acceptors (Lipinski definition) is 8. The van der Waals surface area contributed by atoms with Crippen LogP contribution in [0, 0.1) is 27.7 Å². The summed E-state index contributed by atoms with van der Waals surface area (Å²) in [4.78, 5) is 38.1. The SMILES string of the molecule is C=CC(=O)OCC(COC(=O)C=C)(OC(=O)C=C)Oc1ccc(N(c2ccc(C)c(C)c2)c2ccc(C)c(C)c2)cc1. The fourth-order valence-corrected chi connectivity index (χ4v) is 3.94. The summed E-state index contributed by atoms with van der Waals surface area (Å²) in [5, 5.41) is 0. The Hall–Kier alpha value is -5.11. The highest BCUT2D eigenvalue weighted by molar-refractivity contribution is 5.83. The number of carbonyl (C=O) groups is 3. The number of carbonyl (C=O) groups excluding carboxylic acids is 3. The van der Waals surface area contributed by atoms with Gasteiger partial charge in [-0.05, 0) is 98.5 Å². The quantitative estimate of drug-likeness (QED) is 0.0978. The van der Waals surface area contributed by atoms with Crippen LogP contribution in [-0.2, 0) is 28.6 Å². The second-order valence-corrected chi connectivity index (χ2v) is 9.63. The maximum absolute atomic E-state index is 12.3. The molecule has 3 rings (SSSR count). The van der Waals surface area contributed by atoms with Gasteiger partial charge in [-0.15, -0.1) is 0 Å². The van der Waals surface area contributed by atoms with Crippen LogP contribution in [0.3, 0.4) is 0 Å². The Kier molecular flexibility index (Phi) is 10.5. The molecule has 0 saturated carbocycles. The van der Waals surface area contributed by atoms with Gasteiger partial charge in [0.2, 0.25) is 0 Å². The Bertz CT molecular complexity index is 1410. The molecule has 42 heavy (non-hydrogen) atoms. The Morgan fingerprint density at radius 2 is 1.07 bits per heavy atom. The van der Waals surface area contributed by atoms with E-state index in [4.69, 9.17) is 18.9 Å². The van der Waals surface area contributed by atoms with E-state index in [-0.39, 0.29) is 5.75 Å². The first-order valence-corrected chi connectivity index (χ1v) is 13.2. The molecule has 3 aromatic rings. The van der Waals surface area contributed by atoms with Crippen molar-refractivity contribution in [2.45, 2.75) is 33.5 Å². The lowest BCUT2D eigenvalue weighted by molar-refractivity contribution is -0.228. The van der Waals surface area contributed by atoms with Crippen molar-refractivity contribution in [3.8, 4) is 5.75 Å². The fraction of sp³-hybridized carbons (Fsp3) is 0.206. The third kappa shape index (κ3) is 7.97. The summed E-state index contributed by atoms with van der Waals surface area (Å²) < 4.78 is 21.8. The minimum atomic E-state index is -2.02. The van der Waals surface area contributed by atoms with E-state index in [2.05, 4.69) is 88.7 Å². The standard InChI is InChI=1S/C34H35NO7/c1-8-31(36)39-21-34(42-33(38)10-3,22-40-32(37)9-2)41-30-17-15-27(16-18-30)35(28-13-11-23(4)25(6)19-28)29-14-12-24(5)26(7)20-29/h8-20H,1-3,21-22H2,4-7H3. The van der Waals surface area contributed by atoms with Crippen LogP contribution in [0.5, 0.6) is 5.75 Å². The van der Waals surface area contributed by atoms with Gasteiger partial charge in [0.15, 0.2) is 13.2 Å². The minimum Gasteiger partial charge on any atom is -0.454 e. The van der Waals surface area contributed by atoms with Crippen molar-refractivity contribution in [3.05, 3.63) is 121 Å². The smallest absolute Gasteiger partial charge is 0.333 e. The molecule has 8 heteroatoms. The van der Waals surface area contributed by atoms with E-state index in [9.17, 15) is 14.4 Å². The summed E-state index contributed by atoms with van der Waals surface area (Å²) in [6, 6.07) is 19.5. The van der Waals surface area contributed by atoms with Crippen molar-refractivity contribution in [1.29, 1.82) is 0 Å². The maximum Gasteiger partial charge on any atom is 0.333 e. The second kappa shape index (κ2) is 14.0. The lowest BCUT2D eigenvalue weighted by atomic mass is 10.1. The maximum atomic E-state index is 12.3. The molecule has 0 atom stereocenters. The highest BCUT2D eigenvalue weighted by atomic mass is 16.8. The van der Waals surface area contributed by atoms with Gasteiger partial charge in [-0.25, -0.2) is 14.4 Å². The van der Waals surface area contributed by atoms with Crippen LogP contribution in [0.4, 0.5) is 17.1 Å². The van der Waals surface area contributed by atoms with Crippen molar-refractivity contribution in [2.24, 2.45) is 0 Å². The number of aryl methyl sites for hydroxylation is 4. The van der Waals surface area contributed by atoms with Crippen molar-refractivity contribution in [1.82, 2.24) is 0 Å².